The lowest BCUT2D eigenvalue weighted by atomic mass is 10.0. The number of H-pyrrole nitrogens is 1. The molecule has 4 rings (SSSR count). The van der Waals surface area contributed by atoms with E-state index in [1.165, 1.54) is 0 Å². The smallest absolute Gasteiger partial charge is 0.263 e. The van der Waals surface area contributed by atoms with Crippen molar-refractivity contribution in [3.05, 3.63) is 86.2 Å². The predicted octanol–water partition coefficient (Wildman–Crippen LogP) is 5.14. The number of aromatic amines is 1. The van der Waals surface area contributed by atoms with Crippen LogP contribution < -0.4 is 5.56 Å². The predicted molar refractivity (Wildman–Crippen MR) is 107 cm³/mol. The van der Waals surface area contributed by atoms with Crippen LogP contribution in [-0.4, -0.2) is 9.55 Å². The number of nitrogens with one attached hydrogen (secondary N) is 1. The van der Waals surface area contributed by atoms with Gasteiger partial charge in [-0.05, 0) is 30.3 Å². The molecule has 0 unspecified atom stereocenters. The maximum atomic E-state index is 13.2. The second-order valence-corrected chi connectivity index (χ2v) is 7.52. The van der Waals surface area contributed by atoms with E-state index >= 15 is 0 Å². The van der Waals surface area contributed by atoms with Gasteiger partial charge in [-0.3, -0.25) is 9.36 Å². The van der Waals surface area contributed by atoms with Gasteiger partial charge in [0.2, 0.25) is 0 Å². The molecule has 0 atom stereocenters. The number of fused-ring (bicyclic) bond motifs is 1. The summed E-state index contributed by atoms with van der Waals surface area (Å²) in [5, 5.41) is 0.721. The van der Waals surface area contributed by atoms with Crippen LogP contribution in [0, 0.1) is 11.7 Å². The zero-order chi connectivity index (χ0) is 17.4. The highest BCUT2D eigenvalue weighted by molar-refractivity contribution is 7.71. The normalized spacial score (nSPS) is 11.1. The number of nitrogens with zero attached hydrogens (tertiary/aromatic N) is 1. The first kappa shape index (κ1) is 16.0. The van der Waals surface area contributed by atoms with E-state index in [2.05, 4.69) is 4.98 Å². The third-order valence-corrected chi connectivity index (χ3v) is 5.60. The summed E-state index contributed by atoms with van der Waals surface area (Å²) in [5.74, 6) is 0. The number of hydrogen-bond donors (Lipinski definition) is 1. The fraction of sp³-hybridized carbons (Fsp3) is 0.100. The van der Waals surface area contributed by atoms with Crippen molar-refractivity contribution < 1.29 is 0 Å². The maximum Gasteiger partial charge on any atom is 0.263 e. The summed E-state index contributed by atoms with van der Waals surface area (Å²) in [5.41, 5.74) is 3.07. The molecule has 0 saturated heterocycles. The van der Waals surface area contributed by atoms with E-state index in [-0.39, 0.29) is 5.56 Å². The Bertz CT molecular complexity index is 1160. The van der Waals surface area contributed by atoms with Crippen LogP contribution in [0.3, 0.4) is 0 Å². The number of aryl methyl sites for hydroxylation is 1. The number of aromatic nitrogens is 2. The van der Waals surface area contributed by atoms with Gasteiger partial charge in [0.05, 0.1) is 11.9 Å². The van der Waals surface area contributed by atoms with E-state index in [9.17, 15) is 4.79 Å². The zero-order valence-electron chi connectivity index (χ0n) is 13.7. The van der Waals surface area contributed by atoms with Crippen LogP contribution >= 0.6 is 23.6 Å². The molecule has 2 aromatic heterocycles. The average Bonchev–Trinajstić information content (AvgIpc) is 2.96. The first-order valence-corrected chi connectivity index (χ1v) is 9.23. The van der Waals surface area contributed by atoms with E-state index in [0.717, 1.165) is 31.8 Å². The van der Waals surface area contributed by atoms with Gasteiger partial charge in [0, 0.05) is 10.4 Å². The minimum atomic E-state index is -0.0363. The summed E-state index contributed by atoms with van der Waals surface area (Å²) in [6.07, 6.45) is 0. The Labute approximate surface area is 154 Å². The van der Waals surface area contributed by atoms with Crippen molar-refractivity contribution in [3.8, 4) is 11.1 Å². The van der Waals surface area contributed by atoms with E-state index in [1.807, 2.05) is 67.6 Å². The van der Waals surface area contributed by atoms with Gasteiger partial charge in [-0.15, -0.1) is 11.3 Å². The molecule has 1 N–H and O–H groups in total. The second-order valence-electron chi connectivity index (χ2n) is 5.91. The Kier molecular flexibility index (Phi) is 4.11. The molecule has 124 valence electrons. The Balaban J connectivity index is 1.98. The summed E-state index contributed by atoms with van der Waals surface area (Å²) in [6.45, 7) is 2.51. The van der Waals surface area contributed by atoms with Crippen LogP contribution in [0.4, 0.5) is 0 Å². The third-order valence-electron chi connectivity index (χ3n) is 4.25. The molecule has 0 bridgehead atoms. The molecule has 0 aliphatic heterocycles. The topological polar surface area (TPSA) is 37.8 Å². The van der Waals surface area contributed by atoms with Crippen LogP contribution in [-0.2, 0) is 6.54 Å². The Hall–Kier alpha value is -2.50. The molecule has 0 aliphatic carbocycles. The monoisotopic (exact) mass is 364 g/mol. The fourth-order valence-corrected chi connectivity index (χ4v) is 4.47. The minimum absolute atomic E-state index is 0.0363. The van der Waals surface area contributed by atoms with Crippen molar-refractivity contribution in [1.29, 1.82) is 0 Å². The number of rotatable bonds is 3. The van der Waals surface area contributed by atoms with Crippen molar-refractivity contribution in [3.63, 3.8) is 0 Å². The summed E-state index contributed by atoms with van der Waals surface area (Å²) < 4.78 is 2.10. The molecule has 0 fully saturated rings. The SMILES string of the molecule is Cc1sc2[nH]c(=S)n(Cc3ccccc3)c(=O)c2c1-c1ccccc1. The highest BCUT2D eigenvalue weighted by Crippen LogP contribution is 2.35. The first-order chi connectivity index (χ1) is 12.1. The number of thiophene rings is 1. The summed E-state index contributed by atoms with van der Waals surface area (Å²) in [4.78, 5) is 18.4. The molecule has 25 heavy (non-hydrogen) atoms. The van der Waals surface area contributed by atoms with E-state index in [4.69, 9.17) is 12.2 Å². The molecule has 0 aliphatic rings. The van der Waals surface area contributed by atoms with Crippen molar-refractivity contribution in [2.75, 3.05) is 0 Å². The van der Waals surface area contributed by atoms with Crippen LogP contribution in [0.5, 0.6) is 0 Å². The molecule has 0 radical (unpaired) electrons. The van der Waals surface area contributed by atoms with E-state index < -0.39 is 0 Å². The lowest BCUT2D eigenvalue weighted by molar-refractivity contribution is 0.735. The minimum Gasteiger partial charge on any atom is -0.323 e. The summed E-state index contributed by atoms with van der Waals surface area (Å²) in [6, 6.07) is 19.9. The molecule has 0 spiro atoms. The molecule has 2 aromatic carbocycles. The van der Waals surface area contributed by atoms with Gasteiger partial charge in [0.25, 0.3) is 5.56 Å². The molecule has 0 saturated carbocycles. The van der Waals surface area contributed by atoms with Crippen LogP contribution in [0.15, 0.2) is 65.5 Å². The van der Waals surface area contributed by atoms with Crippen LogP contribution in [0.25, 0.3) is 21.3 Å². The molecule has 4 aromatic rings. The molecule has 3 nitrogen and oxygen atoms in total. The average molecular weight is 364 g/mol. The van der Waals surface area contributed by atoms with Crippen molar-refractivity contribution >= 4 is 33.8 Å². The number of benzene rings is 2. The van der Waals surface area contributed by atoms with E-state index in [0.29, 0.717) is 11.3 Å². The summed E-state index contributed by atoms with van der Waals surface area (Å²) in [7, 11) is 0. The molecule has 2 heterocycles. The van der Waals surface area contributed by atoms with E-state index in [1.54, 1.807) is 15.9 Å². The maximum absolute atomic E-state index is 13.2. The second kappa shape index (κ2) is 6.43. The zero-order valence-corrected chi connectivity index (χ0v) is 15.3. The highest BCUT2D eigenvalue weighted by Gasteiger charge is 2.17. The van der Waals surface area contributed by atoms with Gasteiger partial charge in [0.15, 0.2) is 4.77 Å². The van der Waals surface area contributed by atoms with Crippen molar-refractivity contribution in [2.45, 2.75) is 13.5 Å². The van der Waals surface area contributed by atoms with Crippen molar-refractivity contribution in [1.82, 2.24) is 9.55 Å². The molecular weight excluding hydrogens is 348 g/mol. The fourth-order valence-electron chi connectivity index (χ4n) is 3.09. The van der Waals surface area contributed by atoms with Crippen LogP contribution in [0.2, 0.25) is 0 Å². The van der Waals surface area contributed by atoms with Gasteiger partial charge in [-0.25, -0.2) is 0 Å². The highest BCUT2D eigenvalue weighted by atomic mass is 32.1. The van der Waals surface area contributed by atoms with Crippen molar-refractivity contribution in [2.24, 2.45) is 0 Å². The van der Waals surface area contributed by atoms with Gasteiger partial charge < -0.3 is 4.98 Å². The lowest BCUT2D eigenvalue weighted by Crippen LogP contribution is -2.22. The molecule has 5 heteroatoms. The molecular formula is C20H16N2OS2. The number of hydrogen-bond acceptors (Lipinski definition) is 3. The standard InChI is InChI=1S/C20H16N2OS2/c1-13-16(15-10-6-3-7-11-15)17-18(25-13)21-20(24)22(19(17)23)12-14-8-4-2-5-9-14/h2-11H,12H2,1H3,(H,21,24). The Morgan fingerprint density at radius 1 is 1.04 bits per heavy atom. The Morgan fingerprint density at radius 2 is 1.68 bits per heavy atom. The lowest BCUT2D eigenvalue weighted by Gasteiger charge is -2.08. The van der Waals surface area contributed by atoms with Crippen LogP contribution in [0.1, 0.15) is 10.4 Å². The van der Waals surface area contributed by atoms with Gasteiger partial charge >= 0.3 is 0 Å². The molecule has 0 amide bonds. The largest absolute Gasteiger partial charge is 0.323 e. The van der Waals surface area contributed by atoms with Gasteiger partial charge in [-0.2, -0.15) is 0 Å². The van der Waals surface area contributed by atoms with Gasteiger partial charge in [-0.1, -0.05) is 60.7 Å². The summed E-state index contributed by atoms with van der Waals surface area (Å²) >= 11 is 7.03. The third kappa shape index (κ3) is 2.86. The van der Waals surface area contributed by atoms with Gasteiger partial charge in [0.1, 0.15) is 4.83 Å². The Morgan fingerprint density at radius 3 is 2.36 bits per heavy atom. The first-order valence-electron chi connectivity index (χ1n) is 8.00. The quantitative estimate of drug-likeness (QED) is 0.511.